The number of carbonyl (C=O) groups excluding carboxylic acids is 1. The van der Waals surface area contributed by atoms with Crippen molar-refractivity contribution in [2.45, 2.75) is 51.0 Å². The van der Waals surface area contributed by atoms with Crippen molar-refractivity contribution in [2.24, 2.45) is 5.92 Å². The van der Waals surface area contributed by atoms with Crippen molar-refractivity contribution in [3.05, 3.63) is 17.3 Å². The number of morpholine rings is 1. The summed E-state index contributed by atoms with van der Waals surface area (Å²) >= 11 is 0. The second kappa shape index (κ2) is 8.03. The van der Waals surface area contributed by atoms with E-state index in [1.165, 1.54) is 0 Å². The van der Waals surface area contributed by atoms with E-state index in [9.17, 15) is 4.79 Å². The lowest BCUT2D eigenvalue weighted by molar-refractivity contribution is -0.140. The first-order chi connectivity index (χ1) is 11.7. The highest BCUT2D eigenvalue weighted by molar-refractivity contribution is 5.85. The van der Waals surface area contributed by atoms with Crippen LogP contribution in [0.2, 0.25) is 0 Å². The van der Waals surface area contributed by atoms with E-state index in [4.69, 9.17) is 13.9 Å². The van der Waals surface area contributed by atoms with Crippen LogP contribution in [0.4, 0.5) is 0 Å². The molecule has 3 aliphatic rings. The van der Waals surface area contributed by atoms with Crippen LogP contribution in [0.25, 0.3) is 0 Å². The largest absolute Gasteiger partial charge is 0.443 e. The first-order valence-corrected chi connectivity index (χ1v) is 8.84. The summed E-state index contributed by atoms with van der Waals surface area (Å²) in [4.78, 5) is 19.4. The van der Waals surface area contributed by atoms with Gasteiger partial charge in [0.25, 0.3) is 0 Å². The minimum Gasteiger partial charge on any atom is -0.443 e. The Balaban J connectivity index is 0.00000182. The number of carbonyl (C=O) groups is 1. The fraction of sp³-hybridized carbons (Fsp3) is 0.765. The predicted molar refractivity (Wildman–Crippen MR) is 92.5 cm³/mol. The highest BCUT2D eigenvalue weighted by atomic mass is 35.5. The molecule has 1 saturated carbocycles. The number of halogens is 1. The van der Waals surface area contributed by atoms with Gasteiger partial charge in [0, 0.05) is 38.6 Å². The fourth-order valence-electron chi connectivity index (χ4n) is 4.12. The first-order valence-electron chi connectivity index (χ1n) is 8.84. The first kappa shape index (κ1) is 18.6. The van der Waals surface area contributed by atoms with Gasteiger partial charge in [-0.15, -0.1) is 12.4 Å². The Morgan fingerprint density at radius 2 is 2.32 bits per heavy atom. The quantitative estimate of drug-likeness (QED) is 0.862. The van der Waals surface area contributed by atoms with Crippen LogP contribution in [-0.2, 0) is 33.8 Å². The number of oxazole rings is 1. The molecule has 4 rings (SSSR count). The van der Waals surface area contributed by atoms with Gasteiger partial charge in [0.1, 0.15) is 18.1 Å². The molecule has 8 heteroatoms. The Kier molecular flexibility index (Phi) is 5.99. The third kappa shape index (κ3) is 3.84. The highest BCUT2D eigenvalue weighted by Gasteiger charge is 2.38. The normalized spacial score (nSPS) is 28.7. The number of rotatable bonds is 3. The van der Waals surface area contributed by atoms with Gasteiger partial charge in [-0.2, -0.15) is 0 Å². The van der Waals surface area contributed by atoms with Gasteiger partial charge in [-0.05, 0) is 19.3 Å². The van der Waals surface area contributed by atoms with Crippen LogP contribution in [0.1, 0.15) is 36.6 Å². The van der Waals surface area contributed by atoms with Gasteiger partial charge in [-0.1, -0.05) is 0 Å². The van der Waals surface area contributed by atoms with E-state index in [0.29, 0.717) is 31.6 Å². The zero-order valence-corrected chi connectivity index (χ0v) is 15.3. The molecule has 1 amide bonds. The van der Waals surface area contributed by atoms with Crippen molar-refractivity contribution in [1.29, 1.82) is 0 Å². The van der Waals surface area contributed by atoms with E-state index in [1.807, 2.05) is 4.90 Å². The van der Waals surface area contributed by atoms with Gasteiger partial charge in [0.2, 0.25) is 11.8 Å². The second-order valence-electron chi connectivity index (χ2n) is 6.90. The zero-order valence-electron chi connectivity index (χ0n) is 14.5. The average Bonchev–Trinajstić information content (AvgIpc) is 3.02. The number of nitrogens with one attached hydrogen (secondary N) is 1. The molecule has 7 nitrogen and oxygen atoms in total. The van der Waals surface area contributed by atoms with Crippen LogP contribution in [0, 0.1) is 5.92 Å². The molecule has 3 atom stereocenters. The van der Waals surface area contributed by atoms with E-state index in [1.54, 1.807) is 7.11 Å². The Morgan fingerprint density at radius 1 is 1.44 bits per heavy atom. The lowest BCUT2D eigenvalue weighted by Crippen LogP contribution is -2.53. The fourth-order valence-corrected chi connectivity index (χ4v) is 4.12. The molecular formula is C17H26ClN3O4. The van der Waals surface area contributed by atoms with E-state index in [-0.39, 0.29) is 30.3 Å². The van der Waals surface area contributed by atoms with E-state index < -0.39 is 0 Å². The van der Waals surface area contributed by atoms with E-state index in [2.05, 4.69) is 10.3 Å². The summed E-state index contributed by atoms with van der Waals surface area (Å²) in [6.07, 6.45) is 3.77. The minimum absolute atomic E-state index is 0. The van der Waals surface area contributed by atoms with Crippen LogP contribution < -0.4 is 5.32 Å². The molecule has 140 valence electrons. The lowest BCUT2D eigenvalue weighted by atomic mass is 9.82. The SMILES string of the molecule is COCc1nc2c(o1)CCN(C(=O)[C@H]1CC[C@H]3OCCN[C@@H]3C1)C2.Cl. The number of amides is 1. The van der Waals surface area contributed by atoms with Gasteiger partial charge in [0.15, 0.2) is 0 Å². The molecule has 0 aromatic carbocycles. The highest BCUT2D eigenvalue weighted by Crippen LogP contribution is 2.31. The maximum atomic E-state index is 12.9. The molecule has 1 aromatic heterocycles. The zero-order chi connectivity index (χ0) is 16.5. The molecular weight excluding hydrogens is 346 g/mol. The Bertz CT molecular complexity index is 609. The molecule has 0 bridgehead atoms. The number of fused-ring (bicyclic) bond motifs is 2. The van der Waals surface area contributed by atoms with Crippen molar-refractivity contribution >= 4 is 18.3 Å². The van der Waals surface area contributed by atoms with Gasteiger partial charge in [-0.3, -0.25) is 4.79 Å². The lowest BCUT2D eigenvalue weighted by Gasteiger charge is -2.40. The molecule has 0 unspecified atom stereocenters. The number of hydrogen-bond donors (Lipinski definition) is 1. The Morgan fingerprint density at radius 3 is 3.16 bits per heavy atom. The van der Waals surface area contributed by atoms with Crippen LogP contribution in [0.15, 0.2) is 4.42 Å². The molecule has 2 fully saturated rings. The van der Waals surface area contributed by atoms with E-state index in [0.717, 1.165) is 50.3 Å². The third-order valence-corrected chi connectivity index (χ3v) is 5.33. The van der Waals surface area contributed by atoms with Gasteiger partial charge >= 0.3 is 0 Å². The number of aromatic nitrogens is 1. The van der Waals surface area contributed by atoms with Crippen molar-refractivity contribution in [2.75, 3.05) is 26.8 Å². The van der Waals surface area contributed by atoms with Gasteiger partial charge < -0.3 is 24.1 Å². The standard InChI is InChI=1S/C17H25N3O4.ClH/c1-22-10-16-19-13-9-20(6-4-15(13)24-16)17(21)11-2-3-14-12(8-11)18-5-7-23-14;/h11-12,14,18H,2-10H2,1H3;1H/t11-,12+,14+;/m0./s1. The maximum absolute atomic E-state index is 12.9. The molecule has 1 aromatic rings. The number of methoxy groups -OCH3 is 1. The summed E-state index contributed by atoms with van der Waals surface area (Å²) in [6.45, 7) is 3.30. The molecule has 2 aliphatic heterocycles. The molecule has 0 spiro atoms. The Labute approximate surface area is 153 Å². The molecule has 25 heavy (non-hydrogen) atoms. The monoisotopic (exact) mass is 371 g/mol. The van der Waals surface area contributed by atoms with Crippen LogP contribution in [0.5, 0.6) is 0 Å². The molecule has 1 aliphatic carbocycles. The van der Waals surface area contributed by atoms with Crippen molar-refractivity contribution < 1.29 is 18.7 Å². The van der Waals surface area contributed by atoms with Crippen molar-refractivity contribution in [3.8, 4) is 0 Å². The summed E-state index contributed by atoms with van der Waals surface area (Å²) < 4.78 is 16.6. The Hall–Kier alpha value is -1.15. The average molecular weight is 372 g/mol. The van der Waals surface area contributed by atoms with Gasteiger partial charge in [0.05, 0.1) is 19.3 Å². The van der Waals surface area contributed by atoms with Gasteiger partial charge in [-0.25, -0.2) is 4.98 Å². The minimum atomic E-state index is 0. The summed E-state index contributed by atoms with van der Waals surface area (Å²) in [5.74, 6) is 1.84. The number of ether oxygens (including phenoxy) is 2. The summed E-state index contributed by atoms with van der Waals surface area (Å²) in [5.41, 5.74) is 0.884. The molecule has 1 saturated heterocycles. The summed E-state index contributed by atoms with van der Waals surface area (Å²) in [7, 11) is 1.62. The topological polar surface area (TPSA) is 76.8 Å². The summed E-state index contributed by atoms with van der Waals surface area (Å²) in [6, 6.07) is 0.321. The smallest absolute Gasteiger partial charge is 0.226 e. The van der Waals surface area contributed by atoms with Crippen molar-refractivity contribution in [1.82, 2.24) is 15.2 Å². The third-order valence-electron chi connectivity index (χ3n) is 5.33. The summed E-state index contributed by atoms with van der Waals surface area (Å²) in [5, 5.41) is 3.50. The van der Waals surface area contributed by atoms with E-state index >= 15 is 0 Å². The predicted octanol–water partition coefficient (Wildman–Crippen LogP) is 1.28. The van der Waals surface area contributed by atoms with Crippen LogP contribution in [-0.4, -0.2) is 54.7 Å². The van der Waals surface area contributed by atoms with Crippen LogP contribution >= 0.6 is 12.4 Å². The maximum Gasteiger partial charge on any atom is 0.226 e. The molecule has 0 radical (unpaired) electrons. The van der Waals surface area contributed by atoms with Crippen molar-refractivity contribution in [3.63, 3.8) is 0 Å². The number of nitrogens with zero attached hydrogens (tertiary/aromatic N) is 2. The van der Waals surface area contributed by atoms with Crippen LogP contribution in [0.3, 0.4) is 0 Å². The molecule has 1 N–H and O–H groups in total. The number of hydrogen-bond acceptors (Lipinski definition) is 6. The second-order valence-corrected chi connectivity index (χ2v) is 6.90. The molecule has 3 heterocycles.